The normalized spacial score (nSPS) is 15.0. The van der Waals surface area contributed by atoms with Crippen molar-refractivity contribution in [1.82, 2.24) is 0 Å². The minimum absolute atomic E-state index is 0.0333. The summed E-state index contributed by atoms with van der Waals surface area (Å²) in [7, 11) is 0. The van der Waals surface area contributed by atoms with Gasteiger partial charge in [0.1, 0.15) is 16.7 Å². The Labute approximate surface area is 145 Å². The fraction of sp³-hybridized carbons (Fsp3) is 0.111. The molecule has 0 unspecified atom stereocenters. The molecule has 8 nitrogen and oxygen atoms in total. The van der Waals surface area contributed by atoms with Crippen LogP contribution < -0.4 is 10.2 Å². The average Bonchev–Trinajstić information content (AvgIpc) is 2.59. The molecule has 0 saturated heterocycles. The minimum Gasteiger partial charge on any atom is -0.504 e. The summed E-state index contributed by atoms with van der Waals surface area (Å²) in [6.45, 7) is 1.18. The number of phenols is 3. The van der Waals surface area contributed by atoms with E-state index in [1.54, 1.807) is 24.3 Å². The number of benzene rings is 2. The van der Waals surface area contributed by atoms with Crippen LogP contribution in [-0.4, -0.2) is 21.3 Å². The maximum Gasteiger partial charge on any atom is 0.306 e. The van der Waals surface area contributed by atoms with Gasteiger partial charge in [-0.15, -0.1) is 0 Å². The van der Waals surface area contributed by atoms with Crippen LogP contribution in [0, 0.1) is 0 Å². The molecule has 0 aliphatic carbocycles. The SMILES string of the molecule is CC(=O)O[C@H]1Oc2ccccc2-c2c1oc1cc(O)c(O)c(O)c1c2=O. The first-order chi connectivity index (χ1) is 12.4. The lowest BCUT2D eigenvalue weighted by molar-refractivity contribution is -0.164. The summed E-state index contributed by atoms with van der Waals surface area (Å²) >= 11 is 0. The zero-order valence-corrected chi connectivity index (χ0v) is 13.3. The van der Waals surface area contributed by atoms with Crippen LogP contribution in [0.15, 0.2) is 39.5 Å². The molecule has 1 aromatic heterocycles. The molecular formula is C18H12O8. The van der Waals surface area contributed by atoms with Gasteiger partial charge in [-0.1, -0.05) is 18.2 Å². The van der Waals surface area contributed by atoms with Crippen molar-refractivity contribution < 1.29 is 34.0 Å². The molecule has 0 bridgehead atoms. The van der Waals surface area contributed by atoms with E-state index in [1.807, 2.05) is 0 Å². The van der Waals surface area contributed by atoms with Gasteiger partial charge in [-0.25, -0.2) is 0 Å². The van der Waals surface area contributed by atoms with Gasteiger partial charge >= 0.3 is 12.3 Å². The third-order valence-corrected chi connectivity index (χ3v) is 4.02. The van der Waals surface area contributed by atoms with Crippen molar-refractivity contribution in [2.75, 3.05) is 0 Å². The second kappa shape index (κ2) is 5.41. The lowest BCUT2D eigenvalue weighted by atomic mass is 9.98. The first-order valence-electron chi connectivity index (χ1n) is 7.56. The summed E-state index contributed by atoms with van der Waals surface area (Å²) in [5.74, 6) is -2.74. The lowest BCUT2D eigenvalue weighted by Crippen LogP contribution is -2.23. The van der Waals surface area contributed by atoms with Gasteiger partial charge < -0.3 is 29.2 Å². The van der Waals surface area contributed by atoms with E-state index in [2.05, 4.69) is 0 Å². The van der Waals surface area contributed by atoms with Crippen molar-refractivity contribution in [3.63, 3.8) is 0 Å². The molecule has 26 heavy (non-hydrogen) atoms. The first-order valence-corrected chi connectivity index (χ1v) is 7.56. The summed E-state index contributed by atoms with van der Waals surface area (Å²) in [4.78, 5) is 24.4. The summed E-state index contributed by atoms with van der Waals surface area (Å²) in [5.41, 5.74) is -0.442. The number of esters is 1. The van der Waals surface area contributed by atoms with Crippen molar-refractivity contribution in [2.45, 2.75) is 13.2 Å². The molecule has 3 aromatic rings. The highest BCUT2D eigenvalue weighted by molar-refractivity contribution is 5.92. The molecule has 2 heterocycles. The second-order valence-corrected chi connectivity index (χ2v) is 5.69. The third kappa shape index (κ3) is 2.16. The molecule has 0 amide bonds. The van der Waals surface area contributed by atoms with Gasteiger partial charge in [0.15, 0.2) is 17.3 Å². The van der Waals surface area contributed by atoms with Crippen LogP contribution in [0.5, 0.6) is 23.0 Å². The Morgan fingerprint density at radius 3 is 2.62 bits per heavy atom. The number of hydrogen-bond acceptors (Lipinski definition) is 8. The largest absolute Gasteiger partial charge is 0.504 e. The highest BCUT2D eigenvalue weighted by atomic mass is 16.7. The summed E-state index contributed by atoms with van der Waals surface area (Å²) in [5, 5.41) is 29.2. The Balaban J connectivity index is 2.13. The summed E-state index contributed by atoms with van der Waals surface area (Å²) in [6, 6.07) is 7.54. The smallest absolute Gasteiger partial charge is 0.306 e. The van der Waals surface area contributed by atoms with Crippen LogP contribution in [0.2, 0.25) is 0 Å². The van der Waals surface area contributed by atoms with E-state index in [0.29, 0.717) is 11.3 Å². The maximum absolute atomic E-state index is 13.0. The van der Waals surface area contributed by atoms with Gasteiger partial charge in [-0.2, -0.15) is 0 Å². The van der Waals surface area contributed by atoms with Crippen LogP contribution in [0.3, 0.4) is 0 Å². The number of carbonyl (C=O) groups is 1. The number of aromatic hydroxyl groups is 3. The number of phenolic OH excluding ortho intramolecular Hbond substituents is 3. The highest BCUT2D eigenvalue weighted by Crippen LogP contribution is 2.45. The topological polar surface area (TPSA) is 126 Å². The molecule has 0 saturated carbocycles. The molecule has 1 aliphatic heterocycles. The Hall–Kier alpha value is -3.68. The molecule has 3 N–H and O–H groups in total. The predicted octanol–water partition coefficient (Wildman–Crippen LogP) is 2.53. The number of hydrogen-bond donors (Lipinski definition) is 3. The Morgan fingerprint density at radius 1 is 1.15 bits per heavy atom. The fourth-order valence-electron chi connectivity index (χ4n) is 2.92. The van der Waals surface area contributed by atoms with E-state index < -0.39 is 34.9 Å². The van der Waals surface area contributed by atoms with E-state index in [0.717, 1.165) is 6.07 Å². The van der Waals surface area contributed by atoms with Crippen LogP contribution >= 0.6 is 0 Å². The number of fused-ring (bicyclic) bond motifs is 4. The molecule has 1 atom stereocenters. The Morgan fingerprint density at radius 2 is 1.88 bits per heavy atom. The predicted molar refractivity (Wildman–Crippen MR) is 88.0 cm³/mol. The minimum atomic E-state index is -1.31. The first kappa shape index (κ1) is 15.8. The molecular weight excluding hydrogens is 344 g/mol. The van der Waals surface area contributed by atoms with E-state index in [1.165, 1.54) is 6.92 Å². The Kier molecular flexibility index (Phi) is 3.30. The molecule has 0 radical (unpaired) electrons. The molecule has 4 rings (SSSR count). The van der Waals surface area contributed by atoms with E-state index in [-0.39, 0.29) is 22.3 Å². The summed E-state index contributed by atoms with van der Waals surface area (Å²) < 4.78 is 16.3. The third-order valence-electron chi connectivity index (χ3n) is 4.02. The maximum atomic E-state index is 13.0. The van der Waals surface area contributed by atoms with Crippen LogP contribution in [-0.2, 0) is 9.53 Å². The molecule has 1 aliphatic rings. The van der Waals surface area contributed by atoms with Crippen molar-refractivity contribution in [3.8, 4) is 34.1 Å². The second-order valence-electron chi connectivity index (χ2n) is 5.69. The molecule has 2 aromatic carbocycles. The van der Waals surface area contributed by atoms with Gasteiger partial charge in [-0.3, -0.25) is 9.59 Å². The van der Waals surface area contributed by atoms with Crippen molar-refractivity contribution in [1.29, 1.82) is 0 Å². The van der Waals surface area contributed by atoms with Gasteiger partial charge in [0.05, 0.1) is 5.56 Å². The van der Waals surface area contributed by atoms with Crippen molar-refractivity contribution in [3.05, 3.63) is 46.3 Å². The average molecular weight is 356 g/mol. The molecule has 0 spiro atoms. The van der Waals surface area contributed by atoms with Crippen LogP contribution in [0.1, 0.15) is 19.0 Å². The molecule has 8 heteroatoms. The van der Waals surface area contributed by atoms with Gasteiger partial charge in [0.25, 0.3) is 0 Å². The highest BCUT2D eigenvalue weighted by Gasteiger charge is 2.35. The molecule has 0 fully saturated rings. The van der Waals surface area contributed by atoms with E-state index in [9.17, 15) is 24.9 Å². The van der Waals surface area contributed by atoms with Gasteiger partial charge in [0.2, 0.25) is 11.2 Å². The van der Waals surface area contributed by atoms with Crippen molar-refractivity contribution >= 4 is 16.9 Å². The number of rotatable bonds is 1. The monoisotopic (exact) mass is 356 g/mol. The quantitative estimate of drug-likeness (QED) is 0.448. The summed E-state index contributed by atoms with van der Waals surface area (Å²) in [6.07, 6.45) is -1.31. The van der Waals surface area contributed by atoms with Gasteiger partial charge in [-0.05, 0) is 6.07 Å². The molecule has 132 valence electrons. The number of carbonyl (C=O) groups excluding carboxylic acids is 1. The number of para-hydroxylation sites is 1. The fourth-order valence-corrected chi connectivity index (χ4v) is 2.92. The zero-order valence-electron chi connectivity index (χ0n) is 13.3. The van der Waals surface area contributed by atoms with Crippen LogP contribution in [0.4, 0.5) is 0 Å². The van der Waals surface area contributed by atoms with Crippen molar-refractivity contribution in [2.24, 2.45) is 0 Å². The zero-order chi connectivity index (χ0) is 18.6. The van der Waals surface area contributed by atoms with E-state index in [4.69, 9.17) is 13.9 Å². The Bertz CT molecular complexity index is 1130. The number of ether oxygens (including phenoxy) is 2. The standard InChI is InChI=1S/C18H12O8/c1-7(19)24-18-17-12(8-4-2-3-5-10(8)26-18)15(22)13-11(25-17)6-9(20)14(21)16(13)23/h2-6,18,20-21,23H,1H3/t18-/m0/s1. The van der Waals surface area contributed by atoms with E-state index >= 15 is 0 Å². The lowest BCUT2D eigenvalue weighted by Gasteiger charge is -2.26. The van der Waals surface area contributed by atoms with Crippen LogP contribution in [0.25, 0.3) is 22.1 Å². The van der Waals surface area contributed by atoms with Gasteiger partial charge in [0, 0.05) is 18.6 Å².